The number of carbonyl (C=O) groups excluding carboxylic acids is 1. The van der Waals surface area contributed by atoms with Crippen molar-refractivity contribution >= 4 is 34.2 Å². The average molecular weight is 516 g/mol. The fourth-order valence-electron chi connectivity index (χ4n) is 4.31. The van der Waals surface area contributed by atoms with E-state index >= 15 is 0 Å². The number of fused-ring (bicyclic) bond motifs is 3. The zero-order valence-corrected chi connectivity index (χ0v) is 21.5. The highest BCUT2D eigenvalue weighted by molar-refractivity contribution is 6.31. The molecule has 0 aliphatic rings. The molecule has 188 valence electrons. The smallest absolute Gasteiger partial charge is 0.350 e. The van der Waals surface area contributed by atoms with Crippen molar-refractivity contribution in [2.45, 2.75) is 39.9 Å². The molecular weight excluding hydrogens is 490 g/mol. The van der Waals surface area contributed by atoms with Gasteiger partial charge in [0.1, 0.15) is 0 Å². The van der Waals surface area contributed by atoms with Gasteiger partial charge in [0, 0.05) is 16.6 Å². The number of aryl methyl sites for hydroxylation is 1. The predicted octanol–water partition coefficient (Wildman–Crippen LogP) is 4.01. The first-order valence-corrected chi connectivity index (χ1v) is 12.4. The van der Waals surface area contributed by atoms with E-state index in [1.165, 1.54) is 13.6 Å². The Bertz CT molecular complexity index is 1760. The second kappa shape index (κ2) is 9.71. The van der Waals surface area contributed by atoms with Crippen molar-refractivity contribution < 1.29 is 4.79 Å². The third-order valence-corrected chi connectivity index (χ3v) is 6.57. The SMILES string of the molecule is Cc1ccc(Cn2c(=O)c3ccc(C(=O)NC(C)C)cc3n3c(=O)n(Cc4ccccc4Cl)nc23)cc1. The van der Waals surface area contributed by atoms with Gasteiger partial charge in [0.2, 0.25) is 5.78 Å². The van der Waals surface area contributed by atoms with Gasteiger partial charge in [0.15, 0.2) is 0 Å². The molecule has 5 rings (SSSR count). The first kappa shape index (κ1) is 24.5. The average Bonchev–Trinajstić information content (AvgIpc) is 3.19. The van der Waals surface area contributed by atoms with Gasteiger partial charge in [-0.1, -0.05) is 59.6 Å². The quantitative estimate of drug-likeness (QED) is 0.370. The minimum atomic E-state index is -0.431. The standard InChI is InChI=1S/C28H26ClN5O3/c1-17(2)30-25(35)20-12-13-22-24(14-20)34-27(32(26(22)36)15-19-10-8-18(3)9-11-19)31-33(28(34)37)16-21-6-4-5-7-23(21)29/h4-14,17H,15-16H2,1-3H3,(H,30,35). The number of aromatic nitrogens is 4. The summed E-state index contributed by atoms with van der Waals surface area (Å²) in [5.74, 6) is -0.0954. The van der Waals surface area contributed by atoms with Crippen LogP contribution in [0.4, 0.5) is 0 Å². The van der Waals surface area contributed by atoms with E-state index in [1.54, 1.807) is 24.3 Å². The van der Waals surface area contributed by atoms with Gasteiger partial charge in [-0.2, -0.15) is 0 Å². The molecule has 0 radical (unpaired) electrons. The molecule has 2 aromatic heterocycles. The number of hydrogen-bond donors (Lipinski definition) is 1. The van der Waals surface area contributed by atoms with Crippen LogP contribution < -0.4 is 16.6 Å². The lowest BCUT2D eigenvalue weighted by molar-refractivity contribution is 0.0943. The molecule has 37 heavy (non-hydrogen) atoms. The van der Waals surface area contributed by atoms with Crippen LogP contribution >= 0.6 is 11.6 Å². The summed E-state index contributed by atoms with van der Waals surface area (Å²) in [6, 6.07) is 19.8. The molecular formula is C28H26ClN5O3. The maximum absolute atomic E-state index is 13.7. The van der Waals surface area contributed by atoms with Gasteiger partial charge in [0.25, 0.3) is 11.5 Å². The number of amides is 1. The summed E-state index contributed by atoms with van der Waals surface area (Å²) in [6.07, 6.45) is 0. The van der Waals surface area contributed by atoms with Crippen LogP contribution in [-0.2, 0) is 13.1 Å². The van der Waals surface area contributed by atoms with Crippen molar-refractivity contribution in [3.05, 3.63) is 115 Å². The predicted molar refractivity (Wildman–Crippen MR) is 145 cm³/mol. The van der Waals surface area contributed by atoms with Crippen molar-refractivity contribution in [1.29, 1.82) is 0 Å². The molecule has 0 unspecified atom stereocenters. The van der Waals surface area contributed by atoms with E-state index in [4.69, 9.17) is 11.6 Å². The van der Waals surface area contributed by atoms with Crippen LogP contribution in [0.15, 0.2) is 76.3 Å². The summed E-state index contributed by atoms with van der Waals surface area (Å²) < 4.78 is 4.18. The third kappa shape index (κ3) is 4.68. The lowest BCUT2D eigenvalue weighted by Gasteiger charge is -2.12. The lowest BCUT2D eigenvalue weighted by Crippen LogP contribution is -2.30. The Morgan fingerprint density at radius 1 is 1.00 bits per heavy atom. The molecule has 0 aliphatic carbocycles. The largest absolute Gasteiger partial charge is 0.352 e. The van der Waals surface area contributed by atoms with Gasteiger partial charge in [-0.05, 0) is 56.2 Å². The van der Waals surface area contributed by atoms with Crippen LogP contribution in [0.3, 0.4) is 0 Å². The molecule has 1 amide bonds. The maximum atomic E-state index is 13.7. The molecule has 0 atom stereocenters. The summed E-state index contributed by atoms with van der Waals surface area (Å²) >= 11 is 6.34. The summed E-state index contributed by atoms with van der Waals surface area (Å²) in [5, 5.41) is 8.25. The Balaban J connectivity index is 1.76. The van der Waals surface area contributed by atoms with Gasteiger partial charge >= 0.3 is 5.69 Å². The van der Waals surface area contributed by atoms with Crippen LogP contribution in [0.5, 0.6) is 0 Å². The Hall–Kier alpha value is -4.17. The molecule has 1 N–H and O–H groups in total. The Morgan fingerprint density at radius 3 is 2.43 bits per heavy atom. The van der Waals surface area contributed by atoms with Gasteiger partial charge in [-0.15, -0.1) is 5.10 Å². The molecule has 0 bridgehead atoms. The minimum absolute atomic E-state index is 0.0631. The fraction of sp³-hybridized carbons (Fsp3) is 0.214. The van der Waals surface area contributed by atoms with Crippen LogP contribution in [-0.4, -0.2) is 30.7 Å². The molecule has 5 aromatic rings. The Labute approximate surface area is 217 Å². The van der Waals surface area contributed by atoms with Gasteiger partial charge < -0.3 is 5.32 Å². The van der Waals surface area contributed by atoms with E-state index in [9.17, 15) is 14.4 Å². The van der Waals surface area contributed by atoms with Crippen molar-refractivity contribution in [2.24, 2.45) is 0 Å². The maximum Gasteiger partial charge on any atom is 0.352 e. The third-order valence-electron chi connectivity index (χ3n) is 6.20. The molecule has 0 saturated heterocycles. The molecule has 0 saturated carbocycles. The van der Waals surface area contributed by atoms with Crippen molar-refractivity contribution in [2.75, 3.05) is 0 Å². The molecule has 0 aliphatic heterocycles. The number of nitrogens with zero attached hydrogens (tertiary/aromatic N) is 4. The number of benzene rings is 3. The summed E-state index contributed by atoms with van der Waals surface area (Å²) in [4.78, 5) is 40.1. The first-order valence-electron chi connectivity index (χ1n) is 12.0. The zero-order valence-electron chi connectivity index (χ0n) is 20.7. The topological polar surface area (TPSA) is 90.4 Å². The summed E-state index contributed by atoms with van der Waals surface area (Å²) in [6.45, 7) is 6.09. The van der Waals surface area contributed by atoms with E-state index in [2.05, 4.69) is 10.4 Å². The van der Waals surface area contributed by atoms with Crippen LogP contribution in [0, 0.1) is 6.92 Å². The van der Waals surface area contributed by atoms with Gasteiger partial charge in [-0.25, -0.2) is 13.9 Å². The second-order valence-electron chi connectivity index (χ2n) is 9.40. The van der Waals surface area contributed by atoms with E-state index < -0.39 is 5.69 Å². The number of halogens is 1. The van der Waals surface area contributed by atoms with E-state index in [-0.39, 0.29) is 36.4 Å². The van der Waals surface area contributed by atoms with Crippen molar-refractivity contribution in [3.63, 3.8) is 0 Å². The van der Waals surface area contributed by atoms with E-state index in [1.807, 2.05) is 63.2 Å². The number of nitrogens with one attached hydrogen (secondary N) is 1. The number of rotatable bonds is 6. The Morgan fingerprint density at radius 2 is 1.73 bits per heavy atom. The normalized spacial score (nSPS) is 11.5. The molecule has 2 heterocycles. The summed E-state index contributed by atoms with van der Waals surface area (Å²) in [5.41, 5.74) is 2.68. The van der Waals surface area contributed by atoms with Crippen LogP contribution in [0.25, 0.3) is 16.7 Å². The first-order chi connectivity index (χ1) is 17.7. The molecule has 9 heteroatoms. The van der Waals surface area contributed by atoms with E-state index in [0.29, 0.717) is 21.5 Å². The second-order valence-corrected chi connectivity index (χ2v) is 9.81. The number of carbonyl (C=O) groups is 1. The minimum Gasteiger partial charge on any atom is -0.350 e. The van der Waals surface area contributed by atoms with Crippen LogP contribution in [0.1, 0.15) is 40.9 Å². The monoisotopic (exact) mass is 515 g/mol. The molecule has 3 aromatic carbocycles. The summed E-state index contributed by atoms with van der Waals surface area (Å²) in [7, 11) is 0. The van der Waals surface area contributed by atoms with Crippen LogP contribution in [0.2, 0.25) is 5.02 Å². The number of hydrogen-bond acceptors (Lipinski definition) is 4. The fourth-order valence-corrected chi connectivity index (χ4v) is 4.51. The Kier molecular flexibility index (Phi) is 6.43. The molecule has 0 spiro atoms. The highest BCUT2D eigenvalue weighted by atomic mass is 35.5. The van der Waals surface area contributed by atoms with Gasteiger partial charge in [0.05, 0.1) is 24.0 Å². The molecule has 8 nitrogen and oxygen atoms in total. The van der Waals surface area contributed by atoms with Gasteiger partial charge in [-0.3, -0.25) is 14.2 Å². The highest BCUT2D eigenvalue weighted by Gasteiger charge is 2.20. The van der Waals surface area contributed by atoms with Crippen molar-refractivity contribution in [3.8, 4) is 0 Å². The van der Waals surface area contributed by atoms with Crippen molar-refractivity contribution in [1.82, 2.24) is 24.1 Å². The molecule has 0 fully saturated rings. The zero-order chi connectivity index (χ0) is 26.3. The highest BCUT2D eigenvalue weighted by Crippen LogP contribution is 2.18. The van der Waals surface area contributed by atoms with E-state index in [0.717, 1.165) is 16.7 Å². The lowest BCUT2D eigenvalue weighted by atomic mass is 10.1.